The normalized spacial score (nSPS) is 17.7. The molecule has 1 aromatic heterocycles. The Kier molecular flexibility index (Phi) is 4.78. The average molecular weight is 350 g/mol. The third kappa shape index (κ3) is 3.52. The first-order valence-electron chi connectivity index (χ1n) is 9.52. The Morgan fingerprint density at radius 3 is 2.31 bits per heavy atom. The van der Waals surface area contributed by atoms with E-state index < -0.39 is 0 Å². The summed E-state index contributed by atoms with van der Waals surface area (Å²) in [6.45, 7) is 7.75. The summed E-state index contributed by atoms with van der Waals surface area (Å²) in [6, 6.07) is 12.6. The zero-order valence-corrected chi connectivity index (χ0v) is 15.4. The Balaban J connectivity index is 1.37. The van der Waals surface area contributed by atoms with Gasteiger partial charge in [-0.2, -0.15) is 0 Å². The van der Waals surface area contributed by atoms with Crippen molar-refractivity contribution in [2.45, 2.75) is 19.8 Å². The van der Waals surface area contributed by atoms with Gasteiger partial charge in [-0.15, -0.1) is 0 Å². The Labute approximate surface area is 155 Å². The maximum Gasteiger partial charge on any atom is 0.255 e. The SMILES string of the molecule is Cc1cccc(N2CCN(c3ccc(C(=O)N4CCCC4)cn3)CC2)c1. The molecule has 0 N–H and O–H groups in total. The van der Waals surface area contributed by atoms with Gasteiger partial charge < -0.3 is 14.7 Å². The number of benzene rings is 1. The van der Waals surface area contributed by atoms with E-state index in [1.54, 1.807) is 6.20 Å². The molecule has 2 fully saturated rings. The molecule has 0 atom stereocenters. The predicted octanol–water partition coefficient (Wildman–Crippen LogP) is 2.95. The monoisotopic (exact) mass is 350 g/mol. The van der Waals surface area contributed by atoms with E-state index in [1.807, 2.05) is 17.0 Å². The highest BCUT2D eigenvalue weighted by atomic mass is 16.2. The maximum atomic E-state index is 12.4. The average Bonchev–Trinajstić information content (AvgIpc) is 3.23. The number of rotatable bonds is 3. The molecular weight excluding hydrogens is 324 g/mol. The van der Waals surface area contributed by atoms with Crippen molar-refractivity contribution in [3.05, 3.63) is 53.7 Å². The molecule has 1 amide bonds. The van der Waals surface area contributed by atoms with Crippen LogP contribution in [0.1, 0.15) is 28.8 Å². The second kappa shape index (κ2) is 7.36. The first kappa shape index (κ1) is 16.9. The van der Waals surface area contributed by atoms with E-state index in [4.69, 9.17) is 0 Å². The predicted molar refractivity (Wildman–Crippen MR) is 105 cm³/mol. The molecule has 4 rings (SSSR count). The van der Waals surface area contributed by atoms with Gasteiger partial charge in [0.1, 0.15) is 5.82 Å². The molecular formula is C21H26N4O. The minimum absolute atomic E-state index is 0.116. The van der Waals surface area contributed by atoms with E-state index in [9.17, 15) is 4.79 Å². The van der Waals surface area contributed by atoms with Gasteiger partial charge in [0.05, 0.1) is 5.56 Å². The molecule has 0 spiro atoms. The lowest BCUT2D eigenvalue weighted by Gasteiger charge is -2.36. The molecule has 0 saturated carbocycles. The highest BCUT2D eigenvalue weighted by molar-refractivity contribution is 5.94. The van der Waals surface area contributed by atoms with E-state index in [2.05, 4.69) is 46.0 Å². The highest BCUT2D eigenvalue weighted by Crippen LogP contribution is 2.21. The van der Waals surface area contributed by atoms with Crippen LogP contribution >= 0.6 is 0 Å². The summed E-state index contributed by atoms with van der Waals surface area (Å²) in [4.78, 5) is 23.6. The molecule has 0 aliphatic carbocycles. The van der Waals surface area contributed by atoms with Crippen molar-refractivity contribution in [3.8, 4) is 0 Å². The second-order valence-electron chi connectivity index (χ2n) is 7.22. The zero-order chi connectivity index (χ0) is 17.9. The van der Waals surface area contributed by atoms with Crippen molar-refractivity contribution in [1.82, 2.24) is 9.88 Å². The van der Waals surface area contributed by atoms with Gasteiger partial charge in [-0.05, 0) is 49.6 Å². The number of hydrogen-bond acceptors (Lipinski definition) is 4. The highest BCUT2D eigenvalue weighted by Gasteiger charge is 2.21. The van der Waals surface area contributed by atoms with Gasteiger partial charge in [-0.1, -0.05) is 12.1 Å². The van der Waals surface area contributed by atoms with Crippen LogP contribution < -0.4 is 9.80 Å². The number of anilines is 2. The number of carbonyl (C=O) groups excluding carboxylic acids is 1. The summed E-state index contributed by atoms with van der Waals surface area (Å²) in [5.41, 5.74) is 3.29. The molecule has 2 aromatic rings. The van der Waals surface area contributed by atoms with Gasteiger partial charge in [0.25, 0.3) is 5.91 Å². The molecule has 3 heterocycles. The van der Waals surface area contributed by atoms with Crippen molar-refractivity contribution < 1.29 is 4.79 Å². The standard InChI is InChI=1S/C21H26N4O/c1-17-5-4-6-19(15-17)23-11-13-24(14-12-23)20-8-7-18(16-22-20)21(26)25-9-2-3-10-25/h4-8,15-16H,2-3,9-14H2,1H3. The lowest BCUT2D eigenvalue weighted by Crippen LogP contribution is -2.46. The number of aryl methyl sites for hydroxylation is 1. The van der Waals surface area contributed by atoms with E-state index in [0.717, 1.165) is 57.9 Å². The van der Waals surface area contributed by atoms with Gasteiger partial charge in [0.15, 0.2) is 0 Å². The summed E-state index contributed by atoms with van der Waals surface area (Å²) < 4.78 is 0. The van der Waals surface area contributed by atoms with Crippen LogP contribution in [0.15, 0.2) is 42.6 Å². The van der Waals surface area contributed by atoms with Crippen LogP contribution in [0.2, 0.25) is 0 Å². The summed E-state index contributed by atoms with van der Waals surface area (Å²) in [6.07, 6.45) is 3.97. The zero-order valence-electron chi connectivity index (χ0n) is 15.4. The van der Waals surface area contributed by atoms with Crippen LogP contribution in [0, 0.1) is 6.92 Å². The van der Waals surface area contributed by atoms with Crippen LogP contribution in [0.25, 0.3) is 0 Å². The van der Waals surface area contributed by atoms with Crippen LogP contribution in [0.3, 0.4) is 0 Å². The molecule has 136 valence electrons. The second-order valence-corrected chi connectivity index (χ2v) is 7.22. The fourth-order valence-corrected chi connectivity index (χ4v) is 3.82. The third-order valence-corrected chi connectivity index (χ3v) is 5.36. The maximum absolute atomic E-state index is 12.4. The van der Waals surface area contributed by atoms with Gasteiger partial charge in [0, 0.05) is 51.2 Å². The third-order valence-electron chi connectivity index (χ3n) is 5.36. The summed E-state index contributed by atoms with van der Waals surface area (Å²) in [7, 11) is 0. The van der Waals surface area contributed by atoms with Crippen molar-refractivity contribution >= 4 is 17.4 Å². The van der Waals surface area contributed by atoms with E-state index in [-0.39, 0.29) is 5.91 Å². The lowest BCUT2D eigenvalue weighted by atomic mass is 10.2. The molecule has 2 aliphatic heterocycles. The molecule has 26 heavy (non-hydrogen) atoms. The molecule has 0 unspecified atom stereocenters. The first-order chi connectivity index (χ1) is 12.7. The Bertz CT molecular complexity index is 760. The van der Waals surface area contributed by atoms with E-state index in [1.165, 1.54) is 11.3 Å². The minimum atomic E-state index is 0.116. The van der Waals surface area contributed by atoms with Crippen molar-refractivity contribution in [1.29, 1.82) is 0 Å². The van der Waals surface area contributed by atoms with Crippen molar-refractivity contribution in [3.63, 3.8) is 0 Å². The van der Waals surface area contributed by atoms with Crippen LogP contribution in [0.5, 0.6) is 0 Å². The Morgan fingerprint density at radius 1 is 0.923 bits per heavy atom. The van der Waals surface area contributed by atoms with Gasteiger partial charge in [0.2, 0.25) is 0 Å². The van der Waals surface area contributed by atoms with Crippen LogP contribution in [-0.2, 0) is 0 Å². The van der Waals surface area contributed by atoms with Crippen molar-refractivity contribution in [2.75, 3.05) is 49.1 Å². The number of nitrogens with zero attached hydrogens (tertiary/aromatic N) is 4. The van der Waals surface area contributed by atoms with Crippen LogP contribution in [0.4, 0.5) is 11.5 Å². The molecule has 1 aromatic carbocycles. The Hall–Kier alpha value is -2.56. The summed E-state index contributed by atoms with van der Waals surface area (Å²) >= 11 is 0. The topological polar surface area (TPSA) is 39.7 Å². The largest absolute Gasteiger partial charge is 0.368 e. The van der Waals surface area contributed by atoms with Crippen molar-refractivity contribution in [2.24, 2.45) is 0 Å². The number of amides is 1. The Morgan fingerprint density at radius 2 is 1.65 bits per heavy atom. The number of piperazine rings is 1. The molecule has 5 nitrogen and oxygen atoms in total. The quantitative estimate of drug-likeness (QED) is 0.853. The summed E-state index contributed by atoms with van der Waals surface area (Å²) in [5.74, 6) is 1.08. The smallest absolute Gasteiger partial charge is 0.255 e. The molecule has 0 radical (unpaired) electrons. The van der Waals surface area contributed by atoms with Crippen LogP contribution in [-0.4, -0.2) is 55.1 Å². The molecule has 2 saturated heterocycles. The number of carbonyl (C=O) groups is 1. The molecule has 5 heteroatoms. The molecule has 2 aliphatic rings. The fourth-order valence-electron chi connectivity index (χ4n) is 3.82. The first-order valence-corrected chi connectivity index (χ1v) is 9.52. The number of pyridine rings is 1. The lowest BCUT2D eigenvalue weighted by molar-refractivity contribution is 0.0792. The fraction of sp³-hybridized carbons (Fsp3) is 0.429. The molecule has 0 bridgehead atoms. The minimum Gasteiger partial charge on any atom is -0.368 e. The number of hydrogen-bond donors (Lipinski definition) is 0. The van der Waals surface area contributed by atoms with Gasteiger partial charge in [-0.3, -0.25) is 4.79 Å². The number of likely N-dealkylation sites (tertiary alicyclic amines) is 1. The van der Waals surface area contributed by atoms with Gasteiger partial charge >= 0.3 is 0 Å². The summed E-state index contributed by atoms with van der Waals surface area (Å²) in [5, 5.41) is 0. The van der Waals surface area contributed by atoms with E-state index >= 15 is 0 Å². The van der Waals surface area contributed by atoms with Gasteiger partial charge in [-0.25, -0.2) is 4.98 Å². The number of aromatic nitrogens is 1. The van der Waals surface area contributed by atoms with E-state index in [0.29, 0.717) is 5.56 Å².